The molecule has 2 bridgehead atoms. The number of pyridine rings is 1. The molecule has 2 aromatic heterocycles. The standard InChI is InChI=1S/C31H31ClN8O4/c1-3-19-5-4-6-25(36-29(41)12-7-21-15-22(32)8-11-28(21)40-18-34-38-39-40)27-16-20(13-14-33-27)24-10-9-23(35-31(43)44-2)17-26(24)37-30(19)42/h7-19,25H,3-6H2,1-2H3,(H,35,43)(H,36,41)(H,37,42)/b12-7+/t19-,25+/m1/s1. The minimum atomic E-state index is -0.614. The molecule has 0 unspecified atom stereocenters. The van der Waals surface area contributed by atoms with Gasteiger partial charge >= 0.3 is 6.09 Å². The molecule has 0 fully saturated rings. The van der Waals surface area contributed by atoms with Crippen LogP contribution in [0.25, 0.3) is 22.9 Å². The molecule has 44 heavy (non-hydrogen) atoms. The molecule has 4 aromatic rings. The molecule has 5 rings (SSSR count). The molecule has 12 nitrogen and oxygen atoms in total. The second-order valence-corrected chi connectivity index (χ2v) is 10.7. The first-order valence-electron chi connectivity index (χ1n) is 14.1. The van der Waals surface area contributed by atoms with Crippen molar-refractivity contribution in [3.8, 4) is 16.8 Å². The van der Waals surface area contributed by atoms with E-state index in [4.69, 9.17) is 16.3 Å². The Labute approximate surface area is 258 Å². The molecule has 3 heterocycles. The van der Waals surface area contributed by atoms with E-state index >= 15 is 0 Å². The van der Waals surface area contributed by atoms with Crippen LogP contribution in [0.15, 0.2) is 67.1 Å². The lowest BCUT2D eigenvalue weighted by Crippen LogP contribution is -2.28. The normalized spacial score (nSPS) is 16.7. The summed E-state index contributed by atoms with van der Waals surface area (Å²) in [5.74, 6) is -0.669. The van der Waals surface area contributed by atoms with Gasteiger partial charge in [-0.25, -0.2) is 4.79 Å². The Hall–Kier alpha value is -5.10. The van der Waals surface area contributed by atoms with Crippen LogP contribution in [0.2, 0.25) is 5.02 Å². The van der Waals surface area contributed by atoms with Crippen molar-refractivity contribution in [2.24, 2.45) is 5.92 Å². The van der Waals surface area contributed by atoms with Gasteiger partial charge in [0, 0.05) is 40.0 Å². The zero-order chi connectivity index (χ0) is 31.1. The number of hydrogen-bond donors (Lipinski definition) is 3. The SMILES string of the molecule is CC[C@@H]1CCC[C@H](NC(=O)/C=C/c2cc(Cl)ccc2-n2cnnn2)c2cc(ccn2)-c2ccc(NC(=O)OC)cc2NC1=O. The van der Waals surface area contributed by atoms with Crippen LogP contribution < -0.4 is 16.0 Å². The summed E-state index contributed by atoms with van der Waals surface area (Å²) in [6, 6.07) is 13.8. The smallest absolute Gasteiger partial charge is 0.411 e. The summed E-state index contributed by atoms with van der Waals surface area (Å²) in [6.07, 6.45) is 8.16. The van der Waals surface area contributed by atoms with Crippen LogP contribution in [0, 0.1) is 5.92 Å². The fourth-order valence-corrected chi connectivity index (χ4v) is 5.28. The maximum atomic E-state index is 13.3. The number of halogens is 1. The number of aromatic nitrogens is 5. The van der Waals surface area contributed by atoms with E-state index in [-0.39, 0.29) is 17.7 Å². The van der Waals surface area contributed by atoms with Crippen molar-refractivity contribution in [3.63, 3.8) is 0 Å². The second-order valence-electron chi connectivity index (χ2n) is 10.2. The molecule has 226 valence electrons. The summed E-state index contributed by atoms with van der Waals surface area (Å²) in [4.78, 5) is 43.0. The number of tetrazole rings is 1. The monoisotopic (exact) mass is 614 g/mol. The van der Waals surface area contributed by atoms with Crippen molar-refractivity contribution >= 4 is 47.0 Å². The lowest BCUT2D eigenvalue weighted by atomic mass is 9.93. The van der Waals surface area contributed by atoms with Gasteiger partial charge in [-0.15, -0.1) is 5.10 Å². The van der Waals surface area contributed by atoms with Crippen LogP contribution in [0.1, 0.15) is 49.9 Å². The Kier molecular flexibility index (Phi) is 9.60. The summed E-state index contributed by atoms with van der Waals surface area (Å²) >= 11 is 6.23. The van der Waals surface area contributed by atoms with Crippen molar-refractivity contribution in [1.29, 1.82) is 0 Å². The van der Waals surface area contributed by atoms with Crippen LogP contribution in [0.4, 0.5) is 16.2 Å². The number of methoxy groups -OCH3 is 1. The zero-order valence-corrected chi connectivity index (χ0v) is 24.9. The fourth-order valence-electron chi connectivity index (χ4n) is 5.09. The van der Waals surface area contributed by atoms with Gasteiger partial charge in [-0.05, 0) is 83.8 Å². The Morgan fingerprint density at radius 3 is 2.80 bits per heavy atom. The van der Waals surface area contributed by atoms with Gasteiger partial charge in [-0.2, -0.15) is 4.68 Å². The van der Waals surface area contributed by atoms with Gasteiger partial charge in [-0.3, -0.25) is 19.9 Å². The summed E-state index contributed by atoms with van der Waals surface area (Å²) in [5, 5.41) is 20.6. The summed E-state index contributed by atoms with van der Waals surface area (Å²) < 4.78 is 6.20. The van der Waals surface area contributed by atoms with Gasteiger partial charge in [0.2, 0.25) is 11.8 Å². The number of hydrogen-bond acceptors (Lipinski definition) is 8. The Morgan fingerprint density at radius 2 is 2.02 bits per heavy atom. The predicted molar refractivity (Wildman–Crippen MR) is 166 cm³/mol. The number of fused-ring (bicyclic) bond motifs is 4. The molecule has 0 aliphatic carbocycles. The molecule has 3 amide bonds. The molecular formula is C31H31ClN8O4. The second kappa shape index (κ2) is 13.9. The quantitative estimate of drug-likeness (QED) is 0.238. The number of carbonyl (C=O) groups is 3. The average Bonchev–Trinajstić information content (AvgIpc) is 3.56. The largest absolute Gasteiger partial charge is 0.453 e. The molecule has 0 radical (unpaired) electrons. The van der Waals surface area contributed by atoms with Gasteiger partial charge < -0.3 is 15.4 Å². The van der Waals surface area contributed by atoms with Gasteiger partial charge in [0.1, 0.15) is 6.33 Å². The van der Waals surface area contributed by atoms with Crippen LogP contribution in [0.5, 0.6) is 0 Å². The number of anilines is 2. The maximum absolute atomic E-state index is 13.3. The number of nitrogens with one attached hydrogen (secondary N) is 3. The molecule has 1 aliphatic heterocycles. The molecule has 13 heteroatoms. The minimum Gasteiger partial charge on any atom is -0.453 e. The molecule has 1 aliphatic rings. The summed E-state index contributed by atoms with van der Waals surface area (Å²) in [6.45, 7) is 1.97. The highest BCUT2D eigenvalue weighted by Gasteiger charge is 2.23. The molecule has 3 N–H and O–H groups in total. The van der Waals surface area contributed by atoms with Crippen molar-refractivity contribution in [2.45, 2.75) is 38.6 Å². The summed E-state index contributed by atoms with van der Waals surface area (Å²) in [7, 11) is 1.28. The Morgan fingerprint density at radius 1 is 1.16 bits per heavy atom. The third-order valence-corrected chi connectivity index (χ3v) is 7.62. The van der Waals surface area contributed by atoms with Gasteiger partial charge in [0.05, 0.1) is 30.2 Å². The highest BCUT2D eigenvalue weighted by molar-refractivity contribution is 6.30. The van der Waals surface area contributed by atoms with Crippen molar-refractivity contribution < 1.29 is 19.1 Å². The number of benzene rings is 2. The topological polar surface area (TPSA) is 153 Å². The van der Waals surface area contributed by atoms with E-state index in [1.54, 1.807) is 42.6 Å². The molecule has 0 saturated heterocycles. The summed E-state index contributed by atoms with van der Waals surface area (Å²) in [5.41, 5.74) is 4.57. The van der Waals surface area contributed by atoms with Gasteiger partial charge in [-0.1, -0.05) is 31.0 Å². The predicted octanol–water partition coefficient (Wildman–Crippen LogP) is 5.58. The van der Waals surface area contributed by atoms with Crippen molar-refractivity contribution in [2.75, 3.05) is 17.7 Å². The molecular weight excluding hydrogens is 584 g/mol. The lowest BCUT2D eigenvalue weighted by Gasteiger charge is -2.23. The highest BCUT2D eigenvalue weighted by atomic mass is 35.5. The Bertz CT molecular complexity index is 1690. The molecule has 0 spiro atoms. The van der Waals surface area contributed by atoms with E-state index in [1.807, 2.05) is 25.1 Å². The van der Waals surface area contributed by atoms with Crippen molar-refractivity contribution in [3.05, 3.63) is 83.4 Å². The highest BCUT2D eigenvalue weighted by Crippen LogP contribution is 2.34. The first kappa shape index (κ1) is 30.4. The maximum Gasteiger partial charge on any atom is 0.411 e. The van der Waals surface area contributed by atoms with E-state index in [2.05, 4.69) is 36.5 Å². The number of nitrogens with zero attached hydrogens (tertiary/aromatic N) is 5. The van der Waals surface area contributed by atoms with Crippen LogP contribution in [0.3, 0.4) is 0 Å². The van der Waals surface area contributed by atoms with Gasteiger partial charge in [0.25, 0.3) is 0 Å². The van der Waals surface area contributed by atoms with E-state index in [0.717, 1.165) is 11.1 Å². The third-order valence-electron chi connectivity index (χ3n) is 7.38. The van der Waals surface area contributed by atoms with E-state index < -0.39 is 12.1 Å². The van der Waals surface area contributed by atoms with E-state index in [0.29, 0.717) is 59.0 Å². The number of carbonyl (C=O) groups excluding carboxylic acids is 3. The zero-order valence-electron chi connectivity index (χ0n) is 24.2. The first-order valence-corrected chi connectivity index (χ1v) is 14.5. The van der Waals surface area contributed by atoms with E-state index in [9.17, 15) is 14.4 Å². The average molecular weight is 615 g/mol. The Balaban J connectivity index is 1.45. The van der Waals surface area contributed by atoms with Crippen LogP contribution >= 0.6 is 11.6 Å². The number of amides is 3. The third kappa shape index (κ3) is 7.27. The number of rotatable bonds is 6. The van der Waals surface area contributed by atoms with Crippen LogP contribution in [-0.4, -0.2) is 50.2 Å². The van der Waals surface area contributed by atoms with Crippen LogP contribution in [-0.2, 0) is 14.3 Å². The number of ether oxygens (including phenoxy) is 1. The lowest BCUT2D eigenvalue weighted by molar-refractivity contribution is -0.120. The minimum absolute atomic E-state index is 0.109. The van der Waals surface area contributed by atoms with E-state index in [1.165, 1.54) is 24.2 Å². The fraction of sp³-hybridized carbons (Fsp3) is 0.258. The van der Waals surface area contributed by atoms with Gasteiger partial charge in [0.15, 0.2) is 0 Å². The molecule has 2 atom stereocenters. The van der Waals surface area contributed by atoms with Crippen molar-refractivity contribution in [1.82, 2.24) is 30.5 Å². The molecule has 0 saturated carbocycles. The first-order chi connectivity index (χ1) is 21.3. The molecule has 2 aromatic carbocycles.